The molecule has 0 bridgehead atoms. The standard InChI is InChI=1S/C10H17N5O/c1-6-8(16)11-9(14-12-6)15-13-7(2)10(3,4)5/h1-5H3,(H2,11,14,15,16)/b13-7+. The quantitative estimate of drug-likeness (QED) is 0.585. The van der Waals surface area contributed by atoms with Crippen LogP contribution in [0.1, 0.15) is 33.4 Å². The molecule has 0 spiro atoms. The van der Waals surface area contributed by atoms with E-state index in [1.165, 1.54) is 0 Å². The van der Waals surface area contributed by atoms with Crippen LogP contribution in [0.2, 0.25) is 0 Å². The summed E-state index contributed by atoms with van der Waals surface area (Å²) < 4.78 is 0. The van der Waals surface area contributed by atoms with Gasteiger partial charge in [-0.1, -0.05) is 20.8 Å². The van der Waals surface area contributed by atoms with Crippen molar-refractivity contribution in [3.63, 3.8) is 0 Å². The molecule has 0 aliphatic rings. The van der Waals surface area contributed by atoms with Gasteiger partial charge in [0, 0.05) is 11.1 Å². The monoisotopic (exact) mass is 223 g/mol. The maximum absolute atomic E-state index is 11.2. The molecule has 6 nitrogen and oxygen atoms in total. The van der Waals surface area contributed by atoms with E-state index in [1.807, 2.05) is 6.92 Å². The van der Waals surface area contributed by atoms with Gasteiger partial charge in [0.2, 0.25) is 5.95 Å². The van der Waals surface area contributed by atoms with Gasteiger partial charge in [-0.05, 0) is 13.8 Å². The lowest BCUT2D eigenvalue weighted by atomic mass is 9.91. The Labute approximate surface area is 94.2 Å². The average molecular weight is 223 g/mol. The molecule has 0 saturated carbocycles. The number of rotatable bonds is 2. The van der Waals surface area contributed by atoms with Crippen LogP contribution in [0.3, 0.4) is 0 Å². The average Bonchev–Trinajstić information content (AvgIpc) is 2.18. The van der Waals surface area contributed by atoms with Gasteiger partial charge in [-0.2, -0.15) is 5.10 Å². The second-order valence-electron chi connectivity index (χ2n) is 4.65. The highest BCUT2D eigenvalue weighted by molar-refractivity contribution is 5.87. The Hall–Kier alpha value is -1.72. The molecule has 0 aliphatic heterocycles. The Balaban J connectivity index is 2.83. The van der Waals surface area contributed by atoms with Crippen LogP contribution >= 0.6 is 0 Å². The molecule has 1 rings (SSSR count). The van der Waals surface area contributed by atoms with Crippen molar-refractivity contribution in [2.45, 2.75) is 34.6 Å². The van der Waals surface area contributed by atoms with Crippen molar-refractivity contribution in [1.82, 2.24) is 15.2 Å². The van der Waals surface area contributed by atoms with E-state index in [9.17, 15) is 4.79 Å². The third kappa shape index (κ3) is 3.15. The number of hydrogen-bond acceptors (Lipinski definition) is 5. The van der Waals surface area contributed by atoms with E-state index in [0.29, 0.717) is 5.69 Å². The van der Waals surface area contributed by atoms with Gasteiger partial charge in [-0.25, -0.2) is 5.43 Å². The summed E-state index contributed by atoms with van der Waals surface area (Å²) in [6, 6.07) is 0. The first-order valence-corrected chi connectivity index (χ1v) is 5.05. The van der Waals surface area contributed by atoms with Crippen molar-refractivity contribution >= 4 is 11.7 Å². The van der Waals surface area contributed by atoms with Crippen molar-refractivity contribution in [2.75, 3.05) is 5.43 Å². The summed E-state index contributed by atoms with van der Waals surface area (Å²) in [7, 11) is 0. The van der Waals surface area contributed by atoms with E-state index in [1.54, 1.807) is 6.92 Å². The van der Waals surface area contributed by atoms with Crippen LogP contribution in [0.25, 0.3) is 0 Å². The second kappa shape index (κ2) is 4.42. The fourth-order valence-electron chi connectivity index (χ4n) is 0.748. The van der Waals surface area contributed by atoms with E-state index >= 15 is 0 Å². The lowest BCUT2D eigenvalue weighted by Crippen LogP contribution is -2.20. The van der Waals surface area contributed by atoms with Gasteiger partial charge >= 0.3 is 0 Å². The van der Waals surface area contributed by atoms with Gasteiger partial charge in [0.1, 0.15) is 5.69 Å². The van der Waals surface area contributed by atoms with Gasteiger partial charge in [0.25, 0.3) is 5.56 Å². The van der Waals surface area contributed by atoms with E-state index in [4.69, 9.17) is 0 Å². The lowest BCUT2D eigenvalue weighted by Gasteiger charge is -2.17. The zero-order valence-corrected chi connectivity index (χ0v) is 10.2. The minimum Gasteiger partial charge on any atom is -0.288 e. The zero-order valence-electron chi connectivity index (χ0n) is 10.2. The van der Waals surface area contributed by atoms with E-state index < -0.39 is 0 Å². The number of anilines is 1. The summed E-state index contributed by atoms with van der Waals surface area (Å²) in [6.07, 6.45) is 0. The Kier molecular flexibility index (Phi) is 3.41. The van der Waals surface area contributed by atoms with Gasteiger partial charge < -0.3 is 0 Å². The van der Waals surface area contributed by atoms with Crippen LogP contribution in [0, 0.1) is 12.3 Å². The molecule has 1 aromatic rings. The zero-order chi connectivity index (χ0) is 12.3. The summed E-state index contributed by atoms with van der Waals surface area (Å²) in [5.41, 5.74) is 3.64. The Morgan fingerprint density at radius 2 is 2.00 bits per heavy atom. The molecule has 0 radical (unpaired) electrons. The summed E-state index contributed by atoms with van der Waals surface area (Å²) in [5.74, 6) is 0.249. The molecule has 6 heteroatoms. The molecule has 88 valence electrons. The first-order valence-electron chi connectivity index (χ1n) is 5.05. The molecule has 1 aromatic heterocycles. The van der Waals surface area contributed by atoms with Crippen molar-refractivity contribution in [3.05, 3.63) is 16.0 Å². The lowest BCUT2D eigenvalue weighted by molar-refractivity contribution is 0.586. The number of aryl methyl sites for hydroxylation is 1. The molecule has 2 N–H and O–H groups in total. The van der Waals surface area contributed by atoms with Crippen molar-refractivity contribution in [3.8, 4) is 0 Å². The van der Waals surface area contributed by atoms with Crippen molar-refractivity contribution in [1.29, 1.82) is 0 Å². The molecule has 0 unspecified atom stereocenters. The summed E-state index contributed by atoms with van der Waals surface area (Å²) in [5, 5.41) is 11.6. The van der Waals surface area contributed by atoms with Crippen LogP contribution in [-0.2, 0) is 0 Å². The second-order valence-corrected chi connectivity index (χ2v) is 4.65. The van der Waals surface area contributed by atoms with Crippen LogP contribution in [-0.4, -0.2) is 20.9 Å². The fourth-order valence-corrected chi connectivity index (χ4v) is 0.748. The summed E-state index contributed by atoms with van der Waals surface area (Å²) >= 11 is 0. The normalized spacial score (nSPS) is 12.7. The van der Waals surface area contributed by atoms with Crippen LogP contribution < -0.4 is 11.0 Å². The number of H-pyrrole nitrogens is 1. The number of hydrazone groups is 1. The van der Waals surface area contributed by atoms with Crippen LogP contribution in [0.15, 0.2) is 9.90 Å². The molecular weight excluding hydrogens is 206 g/mol. The number of nitrogens with zero attached hydrogens (tertiary/aromatic N) is 3. The Bertz CT molecular complexity index is 455. The molecule has 0 fully saturated rings. The molecule has 16 heavy (non-hydrogen) atoms. The third-order valence-corrected chi connectivity index (χ3v) is 2.28. The first kappa shape index (κ1) is 12.4. The number of hydrogen-bond donors (Lipinski definition) is 2. The van der Waals surface area contributed by atoms with Crippen molar-refractivity contribution in [2.24, 2.45) is 10.5 Å². The molecule has 1 heterocycles. The SMILES string of the molecule is C/C(=N\Nc1nnc(C)c(=O)[nH]1)C(C)(C)C. The minimum absolute atomic E-state index is 0.0224. The van der Waals surface area contributed by atoms with Crippen LogP contribution in [0.4, 0.5) is 5.95 Å². The van der Waals surface area contributed by atoms with E-state index in [2.05, 4.69) is 46.5 Å². The van der Waals surface area contributed by atoms with Crippen molar-refractivity contribution < 1.29 is 0 Å². The highest BCUT2D eigenvalue weighted by Gasteiger charge is 2.14. The Morgan fingerprint density at radius 1 is 1.38 bits per heavy atom. The van der Waals surface area contributed by atoms with Crippen LogP contribution in [0.5, 0.6) is 0 Å². The van der Waals surface area contributed by atoms with Gasteiger partial charge in [0.05, 0.1) is 0 Å². The summed E-state index contributed by atoms with van der Waals surface area (Å²) in [4.78, 5) is 13.8. The predicted octanol–water partition coefficient (Wildman–Crippen LogP) is 1.31. The molecule has 0 amide bonds. The topological polar surface area (TPSA) is 83.0 Å². The Morgan fingerprint density at radius 3 is 2.50 bits per heavy atom. The number of nitrogens with one attached hydrogen (secondary N) is 2. The van der Waals surface area contributed by atoms with Gasteiger partial charge in [-0.3, -0.25) is 9.78 Å². The van der Waals surface area contributed by atoms with E-state index in [-0.39, 0.29) is 16.9 Å². The molecule has 0 aliphatic carbocycles. The smallest absolute Gasteiger partial charge is 0.274 e. The minimum atomic E-state index is -0.263. The highest BCUT2D eigenvalue weighted by Crippen LogP contribution is 2.15. The largest absolute Gasteiger partial charge is 0.288 e. The number of aromatic amines is 1. The third-order valence-electron chi connectivity index (χ3n) is 2.28. The summed E-state index contributed by atoms with van der Waals surface area (Å²) in [6.45, 7) is 9.66. The molecule has 0 aromatic carbocycles. The maximum Gasteiger partial charge on any atom is 0.274 e. The molecular formula is C10H17N5O. The molecule has 0 saturated heterocycles. The van der Waals surface area contributed by atoms with Gasteiger partial charge in [0.15, 0.2) is 0 Å². The molecule has 0 atom stereocenters. The fraction of sp³-hybridized carbons (Fsp3) is 0.600. The predicted molar refractivity (Wildman–Crippen MR) is 63.6 cm³/mol. The maximum atomic E-state index is 11.2. The highest BCUT2D eigenvalue weighted by atomic mass is 16.1. The first-order chi connectivity index (χ1) is 7.30. The number of aromatic nitrogens is 3. The van der Waals surface area contributed by atoms with E-state index in [0.717, 1.165) is 5.71 Å². The van der Waals surface area contributed by atoms with Gasteiger partial charge in [-0.15, -0.1) is 10.2 Å².